The van der Waals surface area contributed by atoms with Crippen molar-refractivity contribution in [3.63, 3.8) is 0 Å². The summed E-state index contributed by atoms with van der Waals surface area (Å²) in [4.78, 5) is 19.0. The average Bonchev–Trinajstić information content (AvgIpc) is 3.06. The molecule has 0 radical (unpaired) electrons. The summed E-state index contributed by atoms with van der Waals surface area (Å²) < 4.78 is 12.3. The van der Waals surface area contributed by atoms with Crippen LogP contribution in [0.4, 0.5) is 11.4 Å². The van der Waals surface area contributed by atoms with Crippen molar-refractivity contribution in [1.82, 2.24) is 0 Å². The van der Waals surface area contributed by atoms with Crippen LogP contribution in [0.15, 0.2) is 90.4 Å². The van der Waals surface area contributed by atoms with Crippen molar-refractivity contribution in [1.29, 1.82) is 0 Å². The van der Waals surface area contributed by atoms with Crippen LogP contribution in [0.3, 0.4) is 0 Å². The molecule has 0 aromatic heterocycles. The topological polar surface area (TPSA) is 51.1 Å². The monoisotopic (exact) mass is 462 g/mol. The highest BCUT2D eigenvalue weighted by Crippen LogP contribution is 2.56. The summed E-state index contributed by atoms with van der Waals surface area (Å²) >= 11 is 0. The molecule has 0 aliphatic carbocycles. The Kier molecular flexibility index (Phi) is 4.71. The first-order chi connectivity index (χ1) is 17.0. The van der Waals surface area contributed by atoms with Gasteiger partial charge in [-0.2, -0.15) is 0 Å². The number of rotatable bonds is 4. The van der Waals surface area contributed by atoms with Crippen molar-refractivity contribution in [2.24, 2.45) is 4.99 Å². The molecule has 0 bridgehead atoms. The molecule has 1 atom stereocenters. The van der Waals surface area contributed by atoms with Crippen LogP contribution in [0.5, 0.6) is 5.75 Å². The Morgan fingerprint density at radius 2 is 1.69 bits per heavy atom. The van der Waals surface area contributed by atoms with Crippen LogP contribution >= 0.6 is 0 Å². The van der Waals surface area contributed by atoms with E-state index in [-0.39, 0.29) is 6.61 Å². The molecular weight excluding hydrogens is 436 g/mol. The van der Waals surface area contributed by atoms with Gasteiger partial charge in [-0.05, 0) is 47.7 Å². The molecule has 0 N–H and O–H groups in total. The lowest BCUT2D eigenvalue weighted by Crippen LogP contribution is -2.62. The fraction of sp³-hybridized carbons (Fsp3) is 0.200. The van der Waals surface area contributed by atoms with Crippen molar-refractivity contribution < 1.29 is 14.3 Å². The second kappa shape index (κ2) is 7.70. The summed E-state index contributed by atoms with van der Waals surface area (Å²) in [5.74, 6) is 0.302. The van der Waals surface area contributed by atoms with Gasteiger partial charge in [0.25, 0.3) is 0 Å². The first kappa shape index (κ1) is 21.4. The number of ether oxygens (including phenoxy) is 2. The van der Waals surface area contributed by atoms with E-state index in [2.05, 4.69) is 79.9 Å². The van der Waals surface area contributed by atoms with Crippen molar-refractivity contribution in [2.45, 2.75) is 25.0 Å². The zero-order valence-electron chi connectivity index (χ0n) is 19.8. The predicted octanol–water partition coefficient (Wildman–Crippen LogP) is 6.31. The molecule has 5 nitrogen and oxygen atoms in total. The molecule has 2 heterocycles. The van der Waals surface area contributed by atoms with Crippen molar-refractivity contribution in [2.75, 3.05) is 18.1 Å². The highest BCUT2D eigenvalue weighted by molar-refractivity contribution is 6.02. The van der Waals surface area contributed by atoms with Gasteiger partial charge in [-0.15, -0.1) is 0 Å². The second-order valence-electron chi connectivity index (χ2n) is 9.52. The third-order valence-electron chi connectivity index (χ3n) is 7.34. The first-order valence-corrected chi connectivity index (χ1v) is 11.8. The molecular formula is C30H26N2O3. The summed E-state index contributed by atoms with van der Waals surface area (Å²) in [7, 11) is 0. The van der Waals surface area contributed by atoms with E-state index in [0.717, 1.165) is 27.9 Å². The van der Waals surface area contributed by atoms with E-state index in [0.29, 0.717) is 6.54 Å². The SMILES string of the molecule is C=CC(=O)OCCN1c2ccc3ccccc3c2C(C)(C)C12C=Nc1c(ccc3ccccc13)O2. The molecule has 1 spiro atoms. The minimum absolute atomic E-state index is 0.205. The number of nitrogens with zero attached hydrogens (tertiary/aromatic N) is 2. The van der Waals surface area contributed by atoms with E-state index in [4.69, 9.17) is 14.5 Å². The van der Waals surface area contributed by atoms with Gasteiger partial charge in [-0.3, -0.25) is 4.99 Å². The smallest absolute Gasteiger partial charge is 0.330 e. The molecule has 0 saturated heterocycles. The van der Waals surface area contributed by atoms with E-state index in [1.807, 2.05) is 24.4 Å². The number of esters is 1. The van der Waals surface area contributed by atoms with Crippen molar-refractivity contribution in [3.05, 3.63) is 91.0 Å². The minimum Gasteiger partial charge on any atom is -0.461 e. The fourth-order valence-electron chi connectivity index (χ4n) is 5.63. The Bertz CT molecular complexity index is 1540. The summed E-state index contributed by atoms with van der Waals surface area (Å²) in [5.41, 5.74) is 1.73. The molecule has 6 rings (SSSR count). The Morgan fingerprint density at radius 1 is 1.00 bits per heavy atom. The highest BCUT2D eigenvalue weighted by Gasteiger charge is 2.60. The lowest BCUT2D eigenvalue weighted by atomic mass is 9.75. The molecule has 4 aromatic rings. The van der Waals surface area contributed by atoms with Crippen molar-refractivity contribution in [3.8, 4) is 5.75 Å². The molecule has 0 fully saturated rings. The largest absolute Gasteiger partial charge is 0.461 e. The lowest BCUT2D eigenvalue weighted by Gasteiger charge is -2.46. The molecule has 1 unspecified atom stereocenters. The number of hydrogen-bond donors (Lipinski definition) is 0. The van der Waals surface area contributed by atoms with Gasteiger partial charge < -0.3 is 14.4 Å². The minimum atomic E-state index is -0.893. The zero-order valence-corrected chi connectivity index (χ0v) is 19.8. The van der Waals surface area contributed by atoms with Gasteiger partial charge in [0, 0.05) is 17.1 Å². The number of hydrogen-bond acceptors (Lipinski definition) is 5. The molecule has 174 valence electrons. The third kappa shape index (κ3) is 3.01. The maximum atomic E-state index is 11.8. The number of benzene rings is 4. The van der Waals surface area contributed by atoms with E-state index in [1.165, 1.54) is 22.4 Å². The van der Waals surface area contributed by atoms with Crippen LogP contribution in [0.25, 0.3) is 21.5 Å². The number of carbonyl (C=O) groups excluding carboxylic acids is 1. The maximum absolute atomic E-state index is 11.8. The summed E-state index contributed by atoms with van der Waals surface area (Å²) in [6.45, 7) is 8.56. The maximum Gasteiger partial charge on any atom is 0.330 e. The second-order valence-corrected chi connectivity index (χ2v) is 9.52. The molecule has 5 heteroatoms. The number of fused-ring (bicyclic) bond motifs is 6. The number of carbonyl (C=O) groups is 1. The first-order valence-electron chi connectivity index (χ1n) is 11.8. The standard InChI is InChI=1S/C30H26N2O3/c1-4-26(33)34-18-17-32-24-15-13-20-9-5-7-11-22(20)27(24)29(2,3)30(32)19-31-28-23-12-8-6-10-21(23)14-16-25(28)35-30/h4-16,19H,1,17-18H2,2-3H3. The van der Waals surface area contributed by atoms with Gasteiger partial charge in [0.05, 0.1) is 18.2 Å². The number of aliphatic imine (C=N–C) groups is 1. The van der Waals surface area contributed by atoms with Crippen LogP contribution in [0.2, 0.25) is 0 Å². The zero-order chi connectivity index (χ0) is 24.2. The molecule has 0 saturated carbocycles. The van der Waals surface area contributed by atoms with E-state index < -0.39 is 17.1 Å². The Labute approximate surface area is 204 Å². The average molecular weight is 463 g/mol. The number of anilines is 1. The molecule has 2 aliphatic heterocycles. The van der Waals surface area contributed by atoms with Crippen LogP contribution in [0.1, 0.15) is 19.4 Å². The predicted molar refractivity (Wildman–Crippen MR) is 141 cm³/mol. The Balaban J connectivity index is 1.53. The van der Waals surface area contributed by atoms with Gasteiger partial charge in [0.15, 0.2) is 0 Å². The molecule has 35 heavy (non-hydrogen) atoms. The lowest BCUT2D eigenvalue weighted by molar-refractivity contribution is -0.137. The fourth-order valence-corrected chi connectivity index (χ4v) is 5.63. The summed E-state index contributed by atoms with van der Waals surface area (Å²) in [6, 6.07) is 24.9. The van der Waals surface area contributed by atoms with Gasteiger partial charge in [0.1, 0.15) is 18.0 Å². The Morgan fingerprint density at radius 3 is 2.46 bits per heavy atom. The van der Waals surface area contributed by atoms with Gasteiger partial charge in [0.2, 0.25) is 5.72 Å². The quantitative estimate of drug-likeness (QED) is 0.263. The van der Waals surface area contributed by atoms with E-state index >= 15 is 0 Å². The summed E-state index contributed by atoms with van der Waals surface area (Å²) in [5, 5.41) is 4.53. The normalized spacial score (nSPS) is 19.4. The van der Waals surface area contributed by atoms with Crippen LogP contribution < -0.4 is 9.64 Å². The van der Waals surface area contributed by atoms with Crippen molar-refractivity contribution >= 4 is 45.1 Å². The highest BCUT2D eigenvalue weighted by atomic mass is 16.5. The molecule has 2 aliphatic rings. The summed E-state index contributed by atoms with van der Waals surface area (Å²) in [6.07, 6.45) is 3.12. The third-order valence-corrected chi connectivity index (χ3v) is 7.34. The van der Waals surface area contributed by atoms with Gasteiger partial charge >= 0.3 is 5.97 Å². The van der Waals surface area contributed by atoms with E-state index in [1.54, 1.807) is 0 Å². The van der Waals surface area contributed by atoms with Crippen LogP contribution in [-0.4, -0.2) is 31.1 Å². The van der Waals surface area contributed by atoms with Gasteiger partial charge in [-0.1, -0.05) is 67.2 Å². The van der Waals surface area contributed by atoms with Gasteiger partial charge in [-0.25, -0.2) is 4.79 Å². The molecule has 0 amide bonds. The van der Waals surface area contributed by atoms with Crippen LogP contribution in [-0.2, 0) is 14.9 Å². The molecule has 4 aromatic carbocycles. The van der Waals surface area contributed by atoms with Crippen LogP contribution in [0, 0.1) is 0 Å². The Hall–Kier alpha value is -4.12. The van der Waals surface area contributed by atoms with E-state index in [9.17, 15) is 4.79 Å².